The Kier molecular flexibility index (Phi) is 7.29. The quantitative estimate of drug-likeness (QED) is 0.149. The Morgan fingerprint density at radius 3 is 1.45 bits per heavy atom. The molecule has 14 aromatic rings. The number of para-hydroxylation sites is 5. The zero-order chi connectivity index (χ0) is 74.2. The molecule has 0 saturated heterocycles. The summed E-state index contributed by atoms with van der Waals surface area (Å²) in [6, 6.07) is 31.7. The van der Waals surface area contributed by atoms with Crippen molar-refractivity contribution < 1.29 is 32.2 Å². The van der Waals surface area contributed by atoms with E-state index in [-0.39, 0.29) is 9.81 Å². The zero-order valence-corrected chi connectivity index (χ0v) is 48.4. The maximum atomic E-state index is 11.4. The number of benzene rings is 11. The zero-order valence-electron chi connectivity index (χ0n) is 66.3. The Balaban J connectivity index is 1.07. The van der Waals surface area contributed by atoms with Gasteiger partial charge in [0.25, 0.3) is 0 Å². The first-order valence-electron chi connectivity index (χ1n) is 38.2. The van der Waals surface area contributed by atoms with Crippen LogP contribution < -0.4 is 22.3 Å². The summed E-state index contributed by atoms with van der Waals surface area (Å²) in [4.78, 5) is 15.0. The van der Waals surface area contributed by atoms with Crippen molar-refractivity contribution in [2.24, 2.45) is 0 Å². The molecule has 2 aliphatic carbocycles. The van der Waals surface area contributed by atoms with E-state index in [9.17, 15) is 16.4 Å². The third-order valence-electron chi connectivity index (χ3n) is 18.1. The van der Waals surface area contributed by atoms with Gasteiger partial charge < -0.3 is 0 Å². The number of hydrogen-bond acceptors (Lipinski definition) is 4. The molecule has 4 heterocycles. The van der Waals surface area contributed by atoms with Gasteiger partial charge in [0.15, 0.2) is 0 Å². The van der Waals surface area contributed by atoms with Gasteiger partial charge in [-0.3, -0.25) is 0 Å². The van der Waals surface area contributed by atoms with Crippen LogP contribution in [0.2, 0.25) is 0 Å². The van der Waals surface area contributed by atoms with E-state index in [0.29, 0.717) is 20.3 Å². The van der Waals surface area contributed by atoms with Crippen LogP contribution in [-0.4, -0.2) is 37.4 Å². The summed E-state index contributed by atoms with van der Waals surface area (Å²) in [7, 11) is 0. The predicted octanol–water partition coefficient (Wildman–Crippen LogP) is 15.9. The van der Waals surface area contributed by atoms with Crippen LogP contribution in [0.1, 0.15) is 101 Å². The van der Waals surface area contributed by atoms with Gasteiger partial charge in [0, 0.05) is 0 Å². The molecule has 1 atom stereocenters. The van der Waals surface area contributed by atoms with Crippen LogP contribution in [0.5, 0.6) is 11.5 Å². The molecule has 7 heteroatoms. The minimum absolute atomic E-state index is 0.0204. The normalized spacial score (nSPS) is 19.0. The van der Waals surface area contributed by atoms with E-state index in [1.165, 1.54) is 0 Å². The van der Waals surface area contributed by atoms with Crippen LogP contribution in [-0.2, 0) is 16.2 Å². The molecule has 0 amide bonds. The van der Waals surface area contributed by atoms with Crippen LogP contribution in [0.15, 0.2) is 260 Å². The average Bonchev–Trinajstić information content (AvgIpc) is 1.58. The first kappa shape index (κ1) is 33.6. The third kappa shape index (κ3) is 7.09. The standard InChI is InChI=1S/C78H59GeN5O/c1-76(2)45-46-77(3,4)65-48-53(41-43-63(65)76)79(51-24-6-5-7-25-51,54-42-44-72-66(49-54)78(64-35-16-21-40-71(64)85-72)61-33-14-8-27-55(61)56-28-9-15-34-62(56)78)52-26-22-23-50(47-52)73-80-74(83-67-36-17-10-29-57(67)58-30-11-18-37-68(58)83)82-75(81-73)84-69-38-19-12-31-59(69)60-32-13-20-39-70(60)84/h5-44,47-49H,45-46H2,1-4H3/i10D,11D,12D,13D,17D,18D,19D,20D,22D,23D,26D,29D,30D,31D,32D,36D,37D,38D,39D,47D. The Hall–Kier alpha value is -9.63. The van der Waals surface area contributed by atoms with Crippen molar-refractivity contribution in [1.29, 1.82) is 0 Å². The van der Waals surface area contributed by atoms with Gasteiger partial charge in [0.05, 0.1) is 0 Å². The van der Waals surface area contributed by atoms with Crippen molar-refractivity contribution in [2.75, 3.05) is 0 Å². The van der Waals surface area contributed by atoms with Crippen LogP contribution in [0.4, 0.5) is 0 Å². The Bertz CT molecular complexity index is 5930. The number of rotatable bonds is 7. The van der Waals surface area contributed by atoms with Gasteiger partial charge in [-0.2, -0.15) is 0 Å². The molecule has 0 radical (unpaired) electrons. The van der Waals surface area contributed by atoms with Crippen molar-refractivity contribution in [3.63, 3.8) is 0 Å². The summed E-state index contributed by atoms with van der Waals surface area (Å²) in [5.41, 5.74) is 3.47. The van der Waals surface area contributed by atoms with Gasteiger partial charge in [-0.1, -0.05) is 0 Å². The molecule has 0 fully saturated rings. The molecule has 0 bridgehead atoms. The summed E-state index contributed by atoms with van der Waals surface area (Å²) in [6.07, 6.45) is 1.67. The summed E-state index contributed by atoms with van der Waals surface area (Å²) in [6.45, 7) is 8.83. The second kappa shape index (κ2) is 18.4. The fourth-order valence-electron chi connectivity index (χ4n) is 14.1. The van der Waals surface area contributed by atoms with E-state index >= 15 is 0 Å². The second-order valence-electron chi connectivity index (χ2n) is 23.4. The molecule has 0 N–H and O–H groups in total. The van der Waals surface area contributed by atoms with Crippen molar-refractivity contribution in [2.45, 2.75) is 56.8 Å². The van der Waals surface area contributed by atoms with Gasteiger partial charge in [-0.25, -0.2) is 0 Å². The molecule has 6 nitrogen and oxygen atoms in total. The molecular weight excluding hydrogens is 1100 g/mol. The van der Waals surface area contributed by atoms with E-state index in [1.54, 1.807) is 0 Å². The second-order valence-corrected chi connectivity index (χ2v) is 31.2. The number of fused-ring (bicyclic) bond motifs is 16. The fourth-order valence-corrected chi connectivity index (χ4v) is 23.5. The molecule has 85 heavy (non-hydrogen) atoms. The number of aromatic nitrogens is 5. The SMILES string of the molecule is [2H]c1c([2H])c(-c2nc(-n3c4c([2H])c([2H])c([2H])c([2H])c4c4c([2H])c([2H])c([2H])c([2H])c43)nc(-n3c4c([2H])c([2H])c([2H])c([2H])c4c4c([2H])c([2H])c([2H])c([2H])c43)n2)c([2H])[c]([Ge]([c]2ccccc2)([c]2ccc3c(c2)C(C)(C)CCC3(C)C)[c]2ccc3c(c2)C2(c4ccccc4O3)c3ccccc3-c3ccccc32)c1[2H]. The molecule has 3 aromatic heterocycles. The summed E-state index contributed by atoms with van der Waals surface area (Å²) >= 11 is -5.56. The monoisotopic (exact) mass is 1180 g/mol. The van der Waals surface area contributed by atoms with Crippen molar-refractivity contribution >= 4 is 74.5 Å². The van der Waals surface area contributed by atoms with Gasteiger partial charge in [0.1, 0.15) is 0 Å². The molecular formula is C78H59GeN5O. The van der Waals surface area contributed by atoms with Gasteiger partial charge in [-0.05, 0) is 0 Å². The number of hydrogen-bond donors (Lipinski definition) is 0. The summed E-state index contributed by atoms with van der Waals surface area (Å²) < 4.78 is 202. The topological polar surface area (TPSA) is 57.8 Å². The van der Waals surface area contributed by atoms with E-state index in [0.717, 1.165) is 70.9 Å². The summed E-state index contributed by atoms with van der Waals surface area (Å²) in [5.74, 6) is -0.991. The van der Waals surface area contributed by atoms with E-state index in [1.807, 2.05) is 84.9 Å². The maximum absolute atomic E-state index is 11.4. The first-order chi connectivity index (χ1) is 49.9. The predicted molar refractivity (Wildman–Crippen MR) is 350 cm³/mol. The van der Waals surface area contributed by atoms with Crippen molar-refractivity contribution in [3.8, 4) is 45.9 Å². The van der Waals surface area contributed by atoms with Crippen LogP contribution in [0, 0.1) is 0 Å². The first-order valence-corrected chi connectivity index (χ1v) is 32.4. The summed E-state index contributed by atoms with van der Waals surface area (Å²) in [5, 5.41) is -1.59. The molecule has 1 aliphatic heterocycles. The molecule has 0 saturated carbocycles. The Morgan fingerprint density at radius 1 is 0.400 bits per heavy atom. The Morgan fingerprint density at radius 2 is 0.871 bits per heavy atom. The van der Waals surface area contributed by atoms with Crippen LogP contribution in [0.3, 0.4) is 0 Å². The van der Waals surface area contributed by atoms with Crippen molar-refractivity contribution in [1.82, 2.24) is 24.1 Å². The molecule has 1 unspecified atom stereocenters. The van der Waals surface area contributed by atoms with Crippen LogP contribution >= 0.6 is 0 Å². The number of nitrogens with zero attached hydrogens (tertiary/aromatic N) is 5. The van der Waals surface area contributed by atoms with E-state index < -0.39 is 212 Å². The Labute approximate surface area is 525 Å². The fraction of sp³-hybridized carbons (Fsp3) is 0.115. The van der Waals surface area contributed by atoms with Crippen molar-refractivity contribution in [3.05, 3.63) is 294 Å². The average molecular weight is 1180 g/mol. The van der Waals surface area contributed by atoms with Gasteiger partial charge >= 0.3 is 527 Å². The molecule has 17 rings (SSSR count). The van der Waals surface area contributed by atoms with Crippen LogP contribution in [0.25, 0.3) is 78.0 Å². The molecule has 11 aromatic carbocycles. The molecule has 1 spiro atoms. The molecule has 406 valence electrons. The minimum atomic E-state index is -5.56. The number of ether oxygens (including phenoxy) is 1. The van der Waals surface area contributed by atoms with Gasteiger partial charge in [-0.15, -0.1) is 0 Å². The third-order valence-corrected chi connectivity index (χ3v) is 27.6. The molecule has 3 aliphatic rings. The van der Waals surface area contributed by atoms with E-state index in [2.05, 4.69) is 82.3 Å². The van der Waals surface area contributed by atoms with E-state index in [4.69, 9.17) is 30.7 Å². The van der Waals surface area contributed by atoms with Gasteiger partial charge in [0.2, 0.25) is 0 Å².